The van der Waals surface area contributed by atoms with Crippen molar-refractivity contribution in [2.45, 2.75) is 24.7 Å². The molecule has 0 unspecified atom stereocenters. The molecule has 6 nitrogen and oxygen atoms in total. The second kappa shape index (κ2) is 7.70. The highest BCUT2D eigenvalue weighted by Crippen LogP contribution is 2.30. The molecule has 0 radical (unpaired) electrons. The zero-order chi connectivity index (χ0) is 19.6. The van der Waals surface area contributed by atoms with Gasteiger partial charge in [0.2, 0.25) is 11.8 Å². The van der Waals surface area contributed by atoms with Crippen molar-refractivity contribution in [3.8, 4) is 0 Å². The fourth-order valence-electron chi connectivity index (χ4n) is 3.00. The highest BCUT2D eigenvalue weighted by molar-refractivity contribution is 7.91. The molecular weight excluding hydrogens is 388 g/mol. The zero-order valence-corrected chi connectivity index (χ0v) is 16.3. The second-order valence-electron chi connectivity index (χ2n) is 6.34. The van der Waals surface area contributed by atoms with E-state index >= 15 is 0 Å². The van der Waals surface area contributed by atoms with Crippen LogP contribution in [0.1, 0.15) is 18.9 Å². The number of benzene rings is 2. The first-order valence-electron chi connectivity index (χ1n) is 8.45. The third kappa shape index (κ3) is 4.48. The molecule has 1 aliphatic rings. The van der Waals surface area contributed by atoms with Crippen LogP contribution in [0, 0.1) is 0 Å². The van der Waals surface area contributed by atoms with Crippen LogP contribution >= 0.6 is 11.6 Å². The Labute approximate surface area is 163 Å². The summed E-state index contributed by atoms with van der Waals surface area (Å²) in [6.45, 7) is 2.04. The van der Waals surface area contributed by atoms with Crippen LogP contribution in [0.2, 0.25) is 5.02 Å². The molecule has 1 aliphatic heterocycles. The van der Waals surface area contributed by atoms with Gasteiger partial charge in [0.25, 0.3) is 0 Å². The molecular formula is C19H19ClN2O4S. The molecule has 2 aromatic carbocycles. The first-order valence-corrected chi connectivity index (χ1v) is 10.5. The summed E-state index contributed by atoms with van der Waals surface area (Å²) in [7, 11) is -3.60. The third-order valence-electron chi connectivity index (χ3n) is 4.41. The molecule has 0 saturated carbocycles. The Morgan fingerprint density at radius 3 is 2.52 bits per heavy atom. The molecule has 0 atom stereocenters. The average molecular weight is 407 g/mol. The molecule has 0 aliphatic carbocycles. The highest BCUT2D eigenvalue weighted by Gasteiger charge is 2.25. The summed E-state index contributed by atoms with van der Waals surface area (Å²) in [6, 6.07) is 11.3. The van der Waals surface area contributed by atoms with Crippen molar-refractivity contribution < 1.29 is 18.0 Å². The van der Waals surface area contributed by atoms with E-state index in [2.05, 4.69) is 5.32 Å². The molecule has 2 amide bonds. The largest absolute Gasteiger partial charge is 0.326 e. The van der Waals surface area contributed by atoms with Gasteiger partial charge in [0, 0.05) is 36.3 Å². The Hall–Kier alpha value is -2.38. The lowest BCUT2D eigenvalue weighted by Crippen LogP contribution is -2.25. The minimum Gasteiger partial charge on any atom is -0.326 e. The zero-order valence-electron chi connectivity index (χ0n) is 14.7. The van der Waals surface area contributed by atoms with Gasteiger partial charge >= 0.3 is 0 Å². The maximum absolute atomic E-state index is 12.6. The van der Waals surface area contributed by atoms with Crippen molar-refractivity contribution in [3.05, 3.63) is 53.1 Å². The molecule has 2 aromatic rings. The van der Waals surface area contributed by atoms with E-state index in [0.29, 0.717) is 23.7 Å². The SMILES string of the molecule is CC(=O)N1CCc2cc(S(=O)(=O)CCC(=O)Nc3ccc(Cl)cc3)ccc21. The standard InChI is InChI=1S/C19H19ClN2O4S/c1-13(23)22-10-8-14-12-17(6-7-18(14)22)27(25,26)11-9-19(24)21-16-4-2-15(20)3-5-16/h2-7,12H,8-11H2,1H3,(H,21,24). The lowest BCUT2D eigenvalue weighted by molar-refractivity contribution is -0.117. The van der Waals surface area contributed by atoms with Crippen LogP contribution < -0.4 is 10.2 Å². The van der Waals surface area contributed by atoms with Gasteiger partial charge < -0.3 is 10.2 Å². The second-order valence-corrected chi connectivity index (χ2v) is 8.88. The van der Waals surface area contributed by atoms with Crippen LogP contribution in [0.5, 0.6) is 0 Å². The first-order chi connectivity index (χ1) is 12.8. The predicted molar refractivity (Wildman–Crippen MR) is 105 cm³/mol. The van der Waals surface area contributed by atoms with E-state index in [1.807, 2.05) is 0 Å². The fraction of sp³-hybridized carbons (Fsp3) is 0.263. The third-order valence-corrected chi connectivity index (χ3v) is 6.38. The quantitative estimate of drug-likeness (QED) is 0.827. The number of nitrogens with one attached hydrogen (secondary N) is 1. The molecule has 1 N–H and O–H groups in total. The Morgan fingerprint density at radius 2 is 1.85 bits per heavy atom. The summed E-state index contributed by atoms with van der Waals surface area (Å²) in [5.74, 6) is -0.741. The van der Waals surface area contributed by atoms with Crippen molar-refractivity contribution in [1.82, 2.24) is 0 Å². The van der Waals surface area contributed by atoms with E-state index in [9.17, 15) is 18.0 Å². The average Bonchev–Trinajstić information content (AvgIpc) is 3.05. The summed E-state index contributed by atoms with van der Waals surface area (Å²) in [5, 5.41) is 3.20. The predicted octanol–water partition coefficient (Wildman–Crippen LogP) is 3.05. The molecule has 27 heavy (non-hydrogen) atoms. The van der Waals surface area contributed by atoms with E-state index in [1.165, 1.54) is 13.0 Å². The molecule has 3 rings (SSSR count). The van der Waals surface area contributed by atoms with Crippen LogP contribution in [-0.4, -0.2) is 32.5 Å². The normalized spacial score (nSPS) is 13.3. The minimum absolute atomic E-state index is 0.0665. The summed E-state index contributed by atoms with van der Waals surface area (Å²) in [6.07, 6.45) is 0.469. The van der Waals surface area contributed by atoms with Gasteiger partial charge in [-0.3, -0.25) is 9.59 Å². The molecule has 142 valence electrons. The van der Waals surface area contributed by atoms with E-state index in [0.717, 1.165) is 11.3 Å². The van der Waals surface area contributed by atoms with E-state index < -0.39 is 9.84 Å². The Morgan fingerprint density at radius 1 is 1.15 bits per heavy atom. The summed E-state index contributed by atoms with van der Waals surface area (Å²) >= 11 is 5.79. The molecule has 0 saturated heterocycles. The number of fused-ring (bicyclic) bond motifs is 1. The molecule has 0 fully saturated rings. The summed E-state index contributed by atoms with van der Waals surface area (Å²) in [5.41, 5.74) is 2.14. The Balaban J connectivity index is 1.66. The van der Waals surface area contributed by atoms with Gasteiger partial charge in [-0.25, -0.2) is 8.42 Å². The number of carbonyl (C=O) groups excluding carboxylic acids is 2. The summed E-state index contributed by atoms with van der Waals surface area (Å²) in [4.78, 5) is 25.4. The number of anilines is 2. The van der Waals surface area contributed by atoms with Crippen molar-refractivity contribution in [2.24, 2.45) is 0 Å². The number of nitrogens with zero attached hydrogens (tertiary/aromatic N) is 1. The van der Waals surface area contributed by atoms with Gasteiger partial charge in [-0.2, -0.15) is 0 Å². The van der Waals surface area contributed by atoms with Gasteiger partial charge in [-0.15, -0.1) is 0 Å². The van der Waals surface area contributed by atoms with Gasteiger partial charge in [0.15, 0.2) is 9.84 Å². The molecule has 0 bridgehead atoms. The van der Waals surface area contributed by atoms with E-state index in [4.69, 9.17) is 11.6 Å². The molecule has 0 aromatic heterocycles. The first kappa shape index (κ1) is 19.4. The molecule has 8 heteroatoms. The van der Waals surface area contributed by atoms with Crippen LogP contribution in [0.3, 0.4) is 0 Å². The number of halogens is 1. The molecule has 1 heterocycles. The number of amides is 2. The van der Waals surface area contributed by atoms with Crippen molar-refractivity contribution in [3.63, 3.8) is 0 Å². The number of carbonyl (C=O) groups is 2. The number of hydrogen-bond acceptors (Lipinski definition) is 4. The van der Waals surface area contributed by atoms with Crippen molar-refractivity contribution >= 4 is 44.6 Å². The maximum atomic E-state index is 12.6. The summed E-state index contributed by atoms with van der Waals surface area (Å²) < 4.78 is 25.1. The van der Waals surface area contributed by atoms with Gasteiger partial charge in [-0.1, -0.05) is 11.6 Å². The van der Waals surface area contributed by atoms with Crippen molar-refractivity contribution in [2.75, 3.05) is 22.5 Å². The number of hydrogen-bond donors (Lipinski definition) is 1. The monoisotopic (exact) mass is 406 g/mol. The minimum atomic E-state index is -3.60. The number of sulfone groups is 1. The number of rotatable bonds is 5. The van der Waals surface area contributed by atoms with Crippen LogP contribution in [0.15, 0.2) is 47.4 Å². The maximum Gasteiger partial charge on any atom is 0.225 e. The topological polar surface area (TPSA) is 83.6 Å². The Bertz CT molecular complexity index is 987. The van der Waals surface area contributed by atoms with Crippen LogP contribution in [0.4, 0.5) is 11.4 Å². The highest BCUT2D eigenvalue weighted by atomic mass is 35.5. The van der Waals surface area contributed by atoms with E-state index in [-0.39, 0.29) is 28.9 Å². The van der Waals surface area contributed by atoms with Gasteiger partial charge in [0.1, 0.15) is 0 Å². The van der Waals surface area contributed by atoms with Crippen LogP contribution in [-0.2, 0) is 25.8 Å². The Kier molecular flexibility index (Phi) is 5.53. The smallest absolute Gasteiger partial charge is 0.225 e. The van der Waals surface area contributed by atoms with E-state index in [1.54, 1.807) is 41.3 Å². The lowest BCUT2D eigenvalue weighted by Gasteiger charge is -2.15. The van der Waals surface area contributed by atoms with Crippen LogP contribution in [0.25, 0.3) is 0 Å². The lowest BCUT2D eigenvalue weighted by atomic mass is 10.2. The van der Waals surface area contributed by atoms with Crippen molar-refractivity contribution in [1.29, 1.82) is 0 Å². The fourth-order valence-corrected chi connectivity index (χ4v) is 4.41. The van der Waals surface area contributed by atoms with Gasteiger partial charge in [-0.05, 0) is 54.4 Å². The van der Waals surface area contributed by atoms with Gasteiger partial charge in [0.05, 0.1) is 10.6 Å². The molecule has 0 spiro atoms.